The van der Waals surface area contributed by atoms with Gasteiger partial charge < -0.3 is 24.0 Å². The summed E-state index contributed by atoms with van der Waals surface area (Å²) >= 11 is 4.99. The Balaban J connectivity index is 1.39. The lowest BCUT2D eigenvalue weighted by Crippen LogP contribution is -2.27. The van der Waals surface area contributed by atoms with Crippen LogP contribution in [0.3, 0.4) is 0 Å². The average Bonchev–Trinajstić information content (AvgIpc) is 2.82. The van der Waals surface area contributed by atoms with E-state index in [0.717, 1.165) is 33.2 Å². The number of aliphatic carboxylic acids is 1. The van der Waals surface area contributed by atoms with Crippen LogP contribution in [0.25, 0.3) is 0 Å². The zero-order chi connectivity index (χ0) is 23.4. The fourth-order valence-corrected chi connectivity index (χ4v) is 5.33. The highest BCUT2D eigenvalue weighted by molar-refractivity contribution is 7.92. The van der Waals surface area contributed by atoms with E-state index >= 15 is 0 Å². The molecule has 0 fully saturated rings. The molecule has 33 heavy (non-hydrogen) atoms. The number of rotatable bonds is 9. The Hall–Kier alpha value is -2.71. The summed E-state index contributed by atoms with van der Waals surface area (Å²) in [6.07, 6.45) is 0.165. The standard InChI is InChI=1S/C25H24ClNO5S/c1-31-22(25(28)29)15-17-7-10-19(11-8-17)32-14-4-13-27-20-5-2-3-6-23(20)33(30)24-12-9-18(26)16-21(24)27/h2-3,5-12,16,22H,4,13-15H2,1H3,(H,28,29). The Kier molecular flexibility index (Phi) is 7.45. The maximum absolute atomic E-state index is 13.0. The van der Waals surface area contributed by atoms with E-state index in [2.05, 4.69) is 4.90 Å². The van der Waals surface area contributed by atoms with Gasteiger partial charge in [0.1, 0.15) is 5.75 Å². The zero-order valence-electron chi connectivity index (χ0n) is 18.1. The quantitative estimate of drug-likeness (QED) is 0.336. The molecule has 1 aliphatic rings. The number of fused-ring (bicyclic) bond motifs is 2. The van der Waals surface area contributed by atoms with Gasteiger partial charge in [-0.1, -0.05) is 35.9 Å². The molecule has 3 aromatic carbocycles. The van der Waals surface area contributed by atoms with Gasteiger partial charge in [-0.3, -0.25) is 0 Å². The third-order valence-corrected chi connectivity index (χ3v) is 7.19. The summed E-state index contributed by atoms with van der Waals surface area (Å²) in [6.45, 7) is 1.17. The summed E-state index contributed by atoms with van der Waals surface area (Å²) in [4.78, 5) is 14.8. The number of carboxylic acid groups (broad SMARTS) is 1. The van der Waals surface area contributed by atoms with Crippen LogP contribution in [0.1, 0.15) is 12.0 Å². The molecule has 6 nitrogen and oxygen atoms in total. The second kappa shape index (κ2) is 10.5. The topological polar surface area (TPSA) is 82.1 Å². The zero-order valence-corrected chi connectivity index (χ0v) is 19.6. The monoisotopic (exact) mass is 485 g/mol. The summed E-state index contributed by atoms with van der Waals surface area (Å²) < 4.78 is 23.9. The summed E-state index contributed by atoms with van der Waals surface area (Å²) in [6, 6.07) is 20.5. The van der Waals surface area contributed by atoms with Gasteiger partial charge in [0.2, 0.25) is 0 Å². The van der Waals surface area contributed by atoms with Gasteiger partial charge in [-0.05, 0) is 54.4 Å². The van der Waals surface area contributed by atoms with Crippen LogP contribution in [0.2, 0.25) is 5.02 Å². The van der Waals surface area contributed by atoms with Crippen molar-refractivity contribution in [3.8, 4) is 5.75 Å². The van der Waals surface area contributed by atoms with Crippen LogP contribution in [0, 0.1) is 0 Å². The predicted octanol–water partition coefficient (Wildman–Crippen LogP) is 5.07. The van der Waals surface area contributed by atoms with E-state index in [4.69, 9.17) is 26.2 Å². The molecule has 2 unspecified atom stereocenters. The van der Waals surface area contributed by atoms with Gasteiger partial charge in [-0.25, -0.2) is 4.79 Å². The Morgan fingerprint density at radius 1 is 1.09 bits per heavy atom. The lowest BCUT2D eigenvalue weighted by Gasteiger charge is -2.32. The molecule has 1 N–H and O–H groups in total. The van der Waals surface area contributed by atoms with E-state index in [1.807, 2.05) is 60.7 Å². The van der Waals surface area contributed by atoms with Gasteiger partial charge >= 0.3 is 5.97 Å². The minimum absolute atomic E-state index is 0.295. The molecule has 0 saturated heterocycles. The van der Waals surface area contributed by atoms with Crippen molar-refractivity contribution in [3.63, 3.8) is 0 Å². The molecule has 0 saturated carbocycles. The van der Waals surface area contributed by atoms with Crippen molar-refractivity contribution in [2.45, 2.75) is 28.7 Å². The van der Waals surface area contributed by atoms with E-state index < -0.39 is 23.2 Å². The normalized spacial score (nSPS) is 15.5. The van der Waals surface area contributed by atoms with E-state index in [1.54, 1.807) is 6.07 Å². The van der Waals surface area contributed by atoms with Gasteiger partial charge in [0.25, 0.3) is 0 Å². The highest BCUT2D eigenvalue weighted by Gasteiger charge is 2.33. The number of carbonyl (C=O) groups is 1. The Labute approximate surface area is 200 Å². The maximum Gasteiger partial charge on any atom is 0.333 e. The van der Waals surface area contributed by atoms with Gasteiger partial charge in [0, 0.05) is 36.3 Å². The summed E-state index contributed by atoms with van der Waals surface area (Å²) in [5, 5.41) is 9.72. The summed E-state index contributed by atoms with van der Waals surface area (Å²) in [5.41, 5.74) is 2.64. The molecule has 1 heterocycles. The molecule has 3 aromatic rings. The summed E-state index contributed by atoms with van der Waals surface area (Å²) in [7, 11) is 1.39. The molecule has 2 atom stereocenters. The van der Waals surface area contributed by atoms with E-state index in [-0.39, 0.29) is 0 Å². The molecule has 172 valence electrons. The first-order chi connectivity index (χ1) is 16.0. The van der Waals surface area contributed by atoms with E-state index in [9.17, 15) is 9.35 Å². The molecular weight excluding hydrogens is 462 g/mol. The molecule has 0 bridgehead atoms. The van der Waals surface area contributed by atoms with Crippen LogP contribution in [0.15, 0.2) is 76.5 Å². The number of hydrogen-bond acceptors (Lipinski definition) is 5. The van der Waals surface area contributed by atoms with Crippen molar-refractivity contribution in [3.05, 3.63) is 77.3 Å². The lowest BCUT2D eigenvalue weighted by molar-refractivity contribution is -0.148. The molecular formula is C25H24ClNO5S. The van der Waals surface area contributed by atoms with Crippen LogP contribution in [0.4, 0.5) is 11.4 Å². The second-order valence-corrected chi connectivity index (χ2v) is 9.47. The van der Waals surface area contributed by atoms with E-state index in [0.29, 0.717) is 30.3 Å². The third kappa shape index (κ3) is 5.28. The van der Waals surface area contributed by atoms with Gasteiger partial charge in [0.15, 0.2) is 15.9 Å². The van der Waals surface area contributed by atoms with Crippen molar-refractivity contribution in [1.82, 2.24) is 0 Å². The van der Waals surface area contributed by atoms with Gasteiger partial charge in [-0.15, -0.1) is 0 Å². The number of nitrogens with zero attached hydrogens (tertiary/aromatic N) is 1. The number of benzene rings is 3. The predicted molar refractivity (Wildman–Crippen MR) is 128 cm³/mol. The molecule has 1 aliphatic heterocycles. The van der Waals surface area contributed by atoms with Gasteiger partial charge in [0.05, 0.1) is 18.0 Å². The van der Waals surface area contributed by atoms with Crippen molar-refractivity contribution < 1.29 is 23.9 Å². The van der Waals surface area contributed by atoms with Crippen LogP contribution in [0.5, 0.6) is 5.75 Å². The number of carboxylic acids is 1. The lowest BCUT2D eigenvalue weighted by atomic mass is 10.1. The largest absolute Gasteiger partial charge is 0.606 e. The molecule has 8 heteroatoms. The number of hydrogen-bond donors (Lipinski definition) is 1. The molecule has 0 amide bonds. The van der Waals surface area contributed by atoms with Crippen LogP contribution < -0.4 is 9.64 Å². The smallest absolute Gasteiger partial charge is 0.333 e. The molecule has 0 aliphatic carbocycles. The highest BCUT2D eigenvalue weighted by Crippen LogP contribution is 2.44. The first kappa shape index (κ1) is 23.4. The van der Waals surface area contributed by atoms with Crippen LogP contribution in [-0.2, 0) is 27.1 Å². The maximum atomic E-state index is 13.0. The van der Waals surface area contributed by atoms with Crippen molar-refractivity contribution in [2.24, 2.45) is 0 Å². The number of methoxy groups -OCH3 is 1. The Morgan fingerprint density at radius 3 is 2.55 bits per heavy atom. The molecule has 0 aromatic heterocycles. The molecule has 0 spiro atoms. The van der Waals surface area contributed by atoms with Gasteiger partial charge in [-0.2, -0.15) is 0 Å². The Bertz CT molecular complexity index is 1120. The number of halogens is 1. The average molecular weight is 486 g/mol. The van der Waals surface area contributed by atoms with E-state index in [1.165, 1.54) is 7.11 Å². The molecule has 0 radical (unpaired) electrons. The number of anilines is 2. The van der Waals surface area contributed by atoms with Crippen LogP contribution in [-0.4, -0.2) is 42.0 Å². The minimum atomic E-state index is -1.24. The second-order valence-electron chi connectivity index (χ2n) is 7.61. The van der Waals surface area contributed by atoms with Crippen molar-refractivity contribution >= 4 is 40.1 Å². The first-order valence-electron chi connectivity index (χ1n) is 10.5. The third-order valence-electron chi connectivity index (χ3n) is 5.47. The first-order valence-corrected chi connectivity index (χ1v) is 12.1. The van der Waals surface area contributed by atoms with Crippen molar-refractivity contribution in [1.29, 1.82) is 0 Å². The summed E-state index contributed by atoms with van der Waals surface area (Å²) in [5.74, 6) is -0.268. The number of ether oxygens (including phenoxy) is 2. The highest BCUT2D eigenvalue weighted by atomic mass is 35.5. The fourth-order valence-electron chi connectivity index (χ4n) is 3.80. The van der Waals surface area contributed by atoms with Crippen LogP contribution >= 0.6 is 11.6 Å². The Morgan fingerprint density at radius 2 is 1.82 bits per heavy atom. The minimum Gasteiger partial charge on any atom is -0.606 e. The SMILES string of the molecule is COC(Cc1ccc(OCCCN2c3ccccc3[S+]([O-])c3ccc(Cl)cc32)cc1)C(=O)O. The fraction of sp³-hybridized carbons (Fsp3) is 0.240. The number of para-hydroxylation sites is 1. The van der Waals surface area contributed by atoms with Crippen molar-refractivity contribution in [2.75, 3.05) is 25.2 Å². The molecule has 4 rings (SSSR count).